The van der Waals surface area contributed by atoms with Gasteiger partial charge in [0.25, 0.3) is 11.8 Å². The van der Waals surface area contributed by atoms with Crippen LogP contribution >= 0.6 is 11.6 Å². The van der Waals surface area contributed by atoms with Crippen LogP contribution in [0.2, 0.25) is 5.02 Å². The molecule has 0 radical (unpaired) electrons. The zero-order chi connectivity index (χ0) is 34.2. The Morgan fingerprint density at radius 2 is 1.75 bits per heavy atom. The van der Waals surface area contributed by atoms with Crippen molar-refractivity contribution in [2.45, 2.75) is 44.7 Å². The molecule has 2 aliphatic rings. The maximum absolute atomic E-state index is 13.6. The summed E-state index contributed by atoms with van der Waals surface area (Å²) in [4.78, 5) is 73.2. The van der Waals surface area contributed by atoms with Gasteiger partial charge in [-0.25, -0.2) is 9.78 Å². The first-order valence-electron chi connectivity index (χ1n) is 15.9. The number of carboxylic acid groups (broad SMARTS) is 1. The van der Waals surface area contributed by atoms with Gasteiger partial charge in [0.1, 0.15) is 17.5 Å². The predicted molar refractivity (Wildman–Crippen MR) is 176 cm³/mol. The molecule has 48 heavy (non-hydrogen) atoms. The minimum Gasteiger partial charge on any atom is -0.483 e. The van der Waals surface area contributed by atoms with E-state index in [-0.39, 0.29) is 75.6 Å². The first-order chi connectivity index (χ1) is 23.1. The number of hydrogen-bond acceptors (Lipinski definition) is 8. The number of halogens is 1. The summed E-state index contributed by atoms with van der Waals surface area (Å²) >= 11 is 6.20. The number of aromatic nitrogens is 1. The molecule has 2 N–H and O–H groups in total. The van der Waals surface area contributed by atoms with Gasteiger partial charge in [0.05, 0.1) is 18.2 Å². The van der Waals surface area contributed by atoms with E-state index in [9.17, 15) is 29.1 Å². The molecule has 4 amide bonds. The molecular formula is C34H38ClN5O8. The number of hydrogen-bond donors (Lipinski definition) is 2. The van der Waals surface area contributed by atoms with E-state index in [1.807, 2.05) is 18.2 Å². The van der Waals surface area contributed by atoms with Crippen LogP contribution in [-0.2, 0) is 19.1 Å². The van der Waals surface area contributed by atoms with Crippen LogP contribution in [0.5, 0.6) is 5.75 Å². The van der Waals surface area contributed by atoms with E-state index in [0.29, 0.717) is 22.5 Å². The van der Waals surface area contributed by atoms with Gasteiger partial charge in [0, 0.05) is 55.6 Å². The fraction of sp³-hybridized carbons (Fsp3) is 0.412. The molecule has 1 aromatic heterocycles. The van der Waals surface area contributed by atoms with Gasteiger partial charge >= 0.3 is 12.1 Å². The van der Waals surface area contributed by atoms with Crippen molar-refractivity contribution in [1.82, 2.24) is 25.0 Å². The average Bonchev–Trinajstić information content (AvgIpc) is 3.59. The fourth-order valence-corrected chi connectivity index (χ4v) is 6.23. The number of carbonyl (C=O) groups excluding carboxylic acids is 4. The number of piperazine rings is 1. The quantitative estimate of drug-likeness (QED) is 0.307. The topological polar surface area (TPSA) is 159 Å². The number of para-hydroxylation sites is 1. The lowest BCUT2D eigenvalue weighted by atomic mass is 10.0. The maximum Gasteiger partial charge on any atom is 0.409 e. The molecule has 2 aliphatic heterocycles. The molecule has 2 atom stereocenters. The predicted octanol–water partition coefficient (Wildman–Crippen LogP) is 3.89. The highest BCUT2D eigenvalue weighted by atomic mass is 35.5. The molecule has 13 nitrogen and oxygen atoms in total. The number of rotatable bonds is 11. The van der Waals surface area contributed by atoms with Crippen LogP contribution in [-0.4, -0.2) is 107 Å². The van der Waals surface area contributed by atoms with Gasteiger partial charge in [0.15, 0.2) is 6.61 Å². The number of pyridine rings is 1. The van der Waals surface area contributed by atoms with Gasteiger partial charge in [-0.15, -0.1) is 0 Å². The van der Waals surface area contributed by atoms with E-state index in [4.69, 9.17) is 21.1 Å². The van der Waals surface area contributed by atoms with E-state index < -0.39 is 29.9 Å². The third kappa shape index (κ3) is 8.32. The molecule has 0 saturated carbocycles. The molecule has 2 saturated heterocycles. The zero-order valence-corrected chi connectivity index (χ0v) is 27.4. The summed E-state index contributed by atoms with van der Waals surface area (Å²) < 4.78 is 11.1. The van der Waals surface area contributed by atoms with Gasteiger partial charge < -0.3 is 34.6 Å². The number of amides is 4. The normalized spacial score (nSPS) is 16.8. The summed E-state index contributed by atoms with van der Waals surface area (Å²) in [5.41, 5.74) is 1.33. The smallest absolute Gasteiger partial charge is 0.409 e. The van der Waals surface area contributed by atoms with Gasteiger partial charge in [-0.1, -0.05) is 35.9 Å². The Hall–Kier alpha value is -4.91. The second kappa shape index (κ2) is 15.8. The Morgan fingerprint density at radius 1 is 1.00 bits per heavy atom. The molecule has 14 heteroatoms. The number of benzene rings is 2. The largest absolute Gasteiger partial charge is 0.483 e. The number of carbonyl (C=O) groups is 5. The summed E-state index contributed by atoms with van der Waals surface area (Å²) in [5, 5.41) is 13.2. The monoisotopic (exact) mass is 679 g/mol. The molecule has 0 bridgehead atoms. The summed E-state index contributed by atoms with van der Waals surface area (Å²) in [5.74, 6) is -2.23. The van der Waals surface area contributed by atoms with Crippen LogP contribution in [0.15, 0.2) is 54.6 Å². The fourth-order valence-electron chi connectivity index (χ4n) is 6.03. The Balaban J connectivity index is 1.30. The Bertz CT molecular complexity index is 1680. The molecule has 3 heterocycles. The third-order valence-electron chi connectivity index (χ3n) is 8.44. The second-order valence-electron chi connectivity index (χ2n) is 11.6. The molecule has 254 valence electrons. The highest BCUT2D eigenvalue weighted by Crippen LogP contribution is 2.33. The molecule has 1 unspecified atom stereocenters. The van der Waals surface area contributed by atoms with Gasteiger partial charge in [-0.2, -0.15) is 0 Å². The molecule has 2 fully saturated rings. The minimum atomic E-state index is -1.15. The summed E-state index contributed by atoms with van der Waals surface area (Å²) in [6.45, 7) is 3.13. The zero-order valence-electron chi connectivity index (χ0n) is 26.6. The van der Waals surface area contributed by atoms with Crippen molar-refractivity contribution in [3.63, 3.8) is 0 Å². The number of nitrogens with one attached hydrogen (secondary N) is 1. The average molecular weight is 680 g/mol. The number of carboxylic acids is 1. The Labute approximate surface area is 282 Å². The first-order valence-corrected chi connectivity index (χ1v) is 16.3. The minimum absolute atomic E-state index is 0.0608. The SMILES string of the molecule is CCOC(=O)N1CCN(C(=O)C(CCC(=O)O)NC(=O)c2cc(OCC(=O)N3CCC[C@H]3c3cccc(Cl)c3)c3ccccc3n2)CC1. The molecule has 3 aromatic rings. The first kappa shape index (κ1) is 34.4. The highest BCUT2D eigenvalue weighted by molar-refractivity contribution is 6.30. The van der Waals surface area contributed by atoms with Crippen LogP contribution in [0, 0.1) is 0 Å². The van der Waals surface area contributed by atoms with E-state index in [2.05, 4.69) is 10.3 Å². The molecule has 2 aromatic carbocycles. The number of nitrogens with zero attached hydrogens (tertiary/aromatic N) is 4. The van der Waals surface area contributed by atoms with E-state index in [0.717, 1.165) is 18.4 Å². The van der Waals surface area contributed by atoms with Crippen molar-refractivity contribution >= 4 is 52.3 Å². The van der Waals surface area contributed by atoms with Crippen LogP contribution < -0.4 is 10.1 Å². The summed E-state index contributed by atoms with van der Waals surface area (Å²) in [6, 6.07) is 14.6. The lowest BCUT2D eigenvalue weighted by Gasteiger charge is -2.35. The lowest BCUT2D eigenvalue weighted by Crippen LogP contribution is -2.56. The van der Waals surface area contributed by atoms with Crippen molar-refractivity contribution in [3.05, 3.63) is 70.9 Å². The molecule has 0 aliphatic carbocycles. The maximum atomic E-state index is 13.6. The van der Waals surface area contributed by atoms with Crippen LogP contribution in [0.1, 0.15) is 54.7 Å². The molecule has 5 rings (SSSR count). The number of likely N-dealkylation sites (tertiary alicyclic amines) is 1. The summed E-state index contributed by atoms with van der Waals surface area (Å²) in [6.07, 6.45) is 0.677. The number of fused-ring (bicyclic) bond motifs is 1. The van der Waals surface area contributed by atoms with Crippen LogP contribution in [0.4, 0.5) is 4.79 Å². The lowest BCUT2D eigenvalue weighted by molar-refractivity contribution is -0.138. The van der Waals surface area contributed by atoms with Crippen LogP contribution in [0.3, 0.4) is 0 Å². The van der Waals surface area contributed by atoms with E-state index >= 15 is 0 Å². The van der Waals surface area contributed by atoms with Crippen LogP contribution in [0.25, 0.3) is 10.9 Å². The number of ether oxygens (including phenoxy) is 2. The van der Waals surface area contributed by atoms with Crippen molar-refractivity contribution in [3.8, 4) is 5.75 Å². The second-order valence-corrected chi connectivity index (χ2v) is 12.0. The van der Waals surface area contributed by atoms with Crippen molar-refractivity contribution in [2.24, 2.45) is 0 Å². The third-order valence-corrected chi connectivity index (χ3v) is 8.67. The highest BCUT2D eigenvalue weighted by Gasteiger charge is 2.32. The van der Waals surface area contributed by atoms with E-state index in [1.54, 1.807) is 42.2 Å². The van der Waals surface area contributed by atoms with Crippen molar-refractivity contribution in [2.75, 3.05) is 45.9 Å². The van der Waals surface area contributed by atoms with E-state index in [1.165, 1.54) is 15.9 Å². The van der Waals surface area contributed by atoms with Crippen molar-refractivity contribution in [1.29, 1.82) is 0 Å². The summed E-state index contributed by atoms with van der Waals surface area (Å²) in [7, 11) is 0. The van der Waals surface area contributed by atoms with Gasteiger partial charge in [0.2, 0.25) is 5.91 Å². The number of aliphatic carboxylic acids is 1. The van der Waals surface area contributed by atoms with Crippen molar-refractivity contribution < 1.29 is 38.6 Å². The Kier molecular flexibility index (Phi) is 11.3. The standard InChI is InChI=1S/C34H38ClN5O8/c1-2-47-34(46)39-17-15-38(16-18-39)33(45)26(12-13-31(42)43)37-32(44)27-20-29(24-9-3-4-10-25(24)36-27)48-21-30(41)40-14-6-11-28(40)22-7-5-8-23(35)19-22/h3-5,7-10,19-20,26,28H,2,6,11-18,21H2,1H3,(H,37,44)(H,42,43)/t26?,28-/m0/s1. The Morgan fingerprint density at radius 3 is 2.48 bits per heavy atom. The van der Waals surface area contributed by atoms with Gasteiger partial charge in [-0.3, -0.25) is 19.2 Å². The molecule has 0 spiro atoms. The molecular weight excluding hydrogens is 642 g/mol. The van der Waals surface area contributed by atoms with Gasteiger partial charge in [-0.05, 0) is 56.0 Å².